The Balaban J connectivity index is 1.31. The Morgan fingerprint density at radius 3 is 2.39 bits per heavy atom. The van der Waals surface area contributed by atoms with Crippen LogP contribution in [-0.4, -0.2) is 33.0 Å². The van der Waals surface area contributed by atoms with Crippen molar-refractivity contribution in [3.8, 4) is 22.1 Å². The first-order valence-electron chi connectivity index (χ1n) is 10.4. The molecule has 2 aromatic heterocycles. The molecule has 144 valence electrons. The third-order valence-corrected chi connectivity index (χ3v) is 8.24. The number of hydrogen-bond donors (Lipinski definition) is 0. The van der Waals surface area contributed by atoms with Gasteiger partial charge in [0.2, 0.25) is 4.96 Å². The average molecular weight is 395 g/mol. The first-order valence-corrected chi connectivity index (χ1v) is 11.2. The highest BCUT2D eigenvalue weighted by molar-refractivity contribution is 7.19. The van der Waals surface area contributed by atoms with Gasteiger partial charge in [-0.25, -0.2) is 0 Å². The van der Waals surface area contributed by atoms with E-state index in [-0.39, 0.29) is 5.41 Å². The zero-order chi connectivity index (χ0) is 18.3. The van der Waals surface area contributed by atoms with Gasteiger partial charge in [-0.1, -0.05) is 11.3 Å². The van der Waals surface area contributed by atoms with Crippen LogP contribution in [0, 0.1) is 17.8 Å². The predicted octanol–water partition coefficient (Wildman–Crippen LogP) is 4.09. The molecule has 4 aliphatic carbocycles. The van der Waals surface area contributed by atoms with Gasteiger partial charge in [0.15, 0.2) is 17.3 Å². The second-order valence-corrected chi connectivity index (χ2v) is 10.1. The summed E-state index contributed by atoms with van der Waals surface area (Å²) < 4.78 is 13.4. The van der Waals surface area contributed by atoms with Crippen LogP contribution in [0.5, 0.6) is 11.5 Å². The number of ether oxygens (including phenoxy) is 2. The fraction of sp³-hybridized carbons (Fsp3) is 0.571. The standard InChI is InChI=1S/C21H22N4O2S/c1-2-16-17(27-4-3-26-16)8-15(1)18-24-25-19(22-23-20(25)28-18)21-9-12-5-13(10-21)7-14(6-12)11-21/h1-2,8,12-14H,3-7,9-11H2. The minimum Gasteiger partial charge on any atom is -0.486 e. The third kappa shape index (κ3) is 2.16. The van der Waals surface area contributed by atoms with E-state index in [0.29, 0.717) is 13.2 Å². The van der Waals surface area contributed by atoms with Crippen LogP contribution in [0.25, 0.3) is 15.5 Å². The highest BCUT2D eigenvalue weighted by Gasteiger charge is 2.54. The van der Waals surface area contributed by atoms with Crippen LogP contribution < -0.4 is 9.47 Å². The van der Waals surface area contributed by atoms with E-state index in [1.54, 1.807) is 11.3 Å². The van der Waals surface area contributed by atoms with Crippen molar-refractivity contribution in [3.63, 3.8) is 0 Å². The molecule has 8 rings (SSSR count). The lowest BCUT2D eigenvalue weighted by Crippen LogP contribution is -2.49. The fourth-order valence-electron chi connectivity index (χ4n) is 6.63. The summed E-state index contributed by atoms with van der Waals surface area (Å²) in [5, 5.41) is 15.1. The third-order valence-electron chi connectivity index (χ3n) is 7.29. The summed E-state index contributed by atoms with van der Waals surface area (Å²) in [4.78, 5) is 0.899. The molecule has 4 bridgehead atoms. The van der Waals surface area contributed by atoms with Gasteiger partial charge in [0.05, 0.1) is 0 Å². The van der Waals surface area contributed by atoms with E-state index in [0.717, 1.165) is 50.6 Å². The monoisotopic (exact) mass is 394 g/mol. The molecule has 0 atom stereocenters. The van der Waals surface area contributed by atoms with Crippen molar-refractivity contribution in [2.75, 3.05) is 13.2 Å². The molecule has 1 aliphatic heterocycles. The Labute approximate surface area is 166 Å². The van der Waals surface area contributed by atoms with Crippen LogP contribution in [0.3, 0.4) is 0 Å². The lowest BCUT2D eigenvalue weighted by Gasteiger charge is -2.55. The molecule has 0 unspecified atom stereocenters. The molecular weight excluding hydrogens is 372 g/mol. The van der Waals surface area contributed by atoms with Crippen LogP contribution >= 0.6 is 11.3 Å². The van der Waals surface area contributed by atoms with Gasteiger partial charge < -0.3 is 9.47 Å². The summed E-state index contributed by atoms with van der Waals surface area (Å²) in [5.41, 5.74) is 1.25. The summed E-state index contributed by atoms with van der Waals surface area (Å²) in [7, 11) is 0. The second kappa shape index (κ2) is 5.47. The smallest absolute Gasteiger partial charge is 0.235 e. The number of nitrogens with zero attached hydrogens (tertiary/aromatic N) is 4. The fourth-order valence-corrected chi connectivity index (χ4v) is 7.46. The molecule has 7 heteroatoms. The lowest BCUT2D eigenvalue weighted by molar-refractivity contribution is -0.0103. The van der Waals surface area contributed by atoms with Gasteiger partial charge in [-0.3, -0.25) is 0 Å². The molecule has 0 saturated heterocycles. The van der Waals surface area contributed by atoms with Gasteiger partial charge in [-0.15, -0.1) is 10.2 Å². The van der Waals surface area contributed by atoms with Gasteiger partial charge in [-0.05, 0) is 74.5 Å². The Morgan fingerprint density at radius 2 is 1.64 bits per heavy atom. The van der Waals surface area contributed by atoms with Crippen molar-refractivity contribution in [1.82, 2.24) is 19.8 Å². The van der Waals surface area contributed by atoms with Crippen molar-refractivity contribution >= 4 is 16.3 Å². The van der Waals surface area contributed by atoms with E-state index in [1.165, 1.54) is 38.5 Å². The van der Waals surface area contributed by atoms with Crippen LogP contribution in [0.2, 0.25) is 0 Å². The molecule has 1 aromatic carbocycles. The highest BCUT2D eigenvalue weighted by Crippen LogP contribution is 2.60. The van der Waals surface area contributed by atoms with Crippen molar-refractivity contribution < 1.29 is 9.47 Å². The average Bonchev–Trinajstić information content (AvgIpc) is 3.27. The molecule has 4 saturated carbocycles. The van der Waals surface area contributed by atoms with Gasteiger partial charge in [0, 0.05) is 11.0 Å². The van der Waals surface area contributed by atoms with Gasteiger partial charge >= 0.3 is 0 Å². The molecule has 4 fully saturated rings. The van der Waals surface area contributed by atoms with Crippen LogP contribution in [0.1, 0.15) is 44.3 Å². The van der Waals surface area contributed by atoms with Crippen LogP contribution in [0.15, 0.2) is 18.2 Å². The number of rotatable bonds is 2. The first kappa shape index (κ1) is 15.7. The molecule has 3 aromatic rings. The maximum Gasteiger partial charge on any atom is 0.235 e. The minimum atomic E-state index is 0.201. The van der Waals surface area contributed by atoms with Crippen LogP contribution in [0.4, 0.5) is 0 Å². The van der Waals surface area contributed by atoms with Gasteiger partial charge in [0.1, 0.15) is 18.2 Å². The number of aromatic nitrogens is 4. The van der Waals surface area contributed by atoms with E-state index in [9.17, 15) is 0 Å². The molecule has 0 N–H and O–H groups in total. The maximum absolute atomic E-state index is 5.75. The molecule has 3 heterocycles. The maximum atomic E-state index is 5.75. The Hall–Kier alpha value is -2.15. The second-order valence-electron chi connectivity index (χ2n) is 9.18. The Kier molecular flexibility index (Phi) is 3.07. The van der Waals surface area contributed by atoms with Gasteiger partial charge in [0.25, 0.3) is 0 Å². The Bertz CT molecular complexity index is 1050. The van der Waals surface area contributed by atoms with Crippen molar-refractivity contribution in [3.05, 3.63) is 24.0 Å². The zero-order valence-electron chi connectivity index (χ0n) is 15.6. The summed E-state index contributed by atoms with van der Waals surface area (Å²) in [6.45, 7) is 1.20. The predicted molar refractivity (Wildman–Crippen MR) is 105 cm³/mol. The molecule has 5 aliphatic rings. The molecule has 0 radical (unpaired) electrons. The van der Waals surface area contributed by atoms with Gasteiger partial charge in [-0.2, -0.15) is 9.61 Å². The summed E-state index contributed by atoms with van der Waals surface area (Å²) in [6.07, 6.45) is 8.12. The van der Waals surface area contributed by atoms with E-state index in [4.69, 9.17) is 14.6 Å². The van der Waals surface area contributed by atoms with Crippen LogP contribution in [-0.2, 0) is 5.41 Å². The van der Waals surface area contributed by atoms with Crippen molar-refractivity contribution in [2.24, 2.45) is 17.8 Å². The zero-order valence-corrected chi connectivity index (χ0v) is 16.5. The van der Waals surface area contributed by atoms with E-state index in [2.05, 4.69) is 16.3 Å². The lowest BCUT2D eigenvalue weighted by atomic mass is 9.49. The first-order chi connectivity index (χ1) is 13.8. The minimum absolute atomic E-state index is 0.201. The topological polar surface area (TPSA) is 61.5 Å². The molecule has 28 heavy (non-hydrogen) atoms. The quantitative estimate of drug-likeness (QED) is 0.655. The van der Waals surface area contributed by atoms with E-state index < -0.39 is 0 Å². The molecule has 6 nitrogen and oxygen atoms in total. The SMILES string of the molecule is c1cc2c(cc1-c1nn3c(C45CC6CC(CC(C6)C4)C5)nnc3s1)OCCO2. The summed E-state index contributed by atoms with van der Waals surface area (Å²) >= 11 is 1.61. The number of hydrogen-bond acceptors (Lipinski definition) is 6. The highest BCUT2D eigenvalue weighted by atomic mass is 32.1. The summed E-state index contributed by atoms with van der Waals surface area (Å²) in [5.74, 6) is 5.38. The Morgan fingerprint density at radius 1 is 0.929 bits per heavy atom. The van der Waals surface area contributed by atoms with Crippen molar-refractivity contribution in [1.29, 1.82) is 0 Å². The molecule has 0 spiro atoms. The summed E-state index contributed by atoms with van der Waals surface area (Å²) in [6, 6.07) is 6.07. The largest absolute Gasteiger partial charge is 0.486 e. The normalized spacial score (nSPS) is 32.9. The van der Waals surface area contributed by atoms with E-state index in [1.807, 2.05) is 16.6 Å². The molecule has 0 amide bonds. The number of benzene rings is 1. The molecular formula is C21H22N4O2S. The number of fused-ring (bicyclic) bond motifs is 2. The van der Waals surface area contributed by atoms with E-state index >= 15 is 0 Å². The van der Waals surface area contributed by atoms with Crippen molar-refractivity contribution in [2.45, 2.75) is 43.9 Å².